The lowest BCUT2D eigenvalue weighted by atomic mass is 10.1. The molecule has 1 aliphatic heterocycles. The molecular weight excluding hydrogens is 344 g/mol. The minimum absolute atomic E-state index is 0.190. The number of nitrogens with one attached hydrogen (secondary N) is 2. The molecule has 4 rings (SSSR count). The Hall–Kier alpha value is -3.61. The number of carbonyl (C=O) groups excluding carboxylic acids is 1. The van der Waals surface area contributed by atoms with Gasteiger partial charge in [0.1, 0.15) is 0 Å². The fourth-order valence-electron chi connectivity index (χ4n) is 2.64. The number of rotatable bonds is 4. The molecule has 3 aromatic rings. The number of hydrogen-bond donors (Lipinski definition) is 2. The average Bonchev–Trinajstić information content (AvgIpc) is 3.13. The monoisotopic (exact) mass is 362 g/mol. The van der Waals surface area contributed by atoms with Gasteiger partial charge in [-0.2, -0.15) is 0 Å². The third kappa shape index (κ3) is 3.67. The molecule has 1 aliphatic rings. The van der Waals surface area contributed by atoms with Gasteiger partial charge in [-0.05, 0) is 49.2 Å². The van der Waals surface area contributed by atoms with Crippen LogP contribution in [-0.4, -0.2) is 22.7 Å². The van der Waals surface area contributed by atoms with Crippen molar-refractivity contribution in [3.63, 3.8) is 0 Å². The Labute approximate surface area is 156 Å². The molecule has 2 aromatic carbocycles. The van der Waals surface area contributed by atoms with Crippen molar-refractivity contribution >= 4 is 23.2 Å². The van der Waals surface area contributed by atoms with Crippen LogP contribution in [0.5, 0.6) is 11.5 Å². The molecular formula is C20H18N4O3. The number of aryl methyl sites for hydroxylation is 2. The highest BCUT2D eigenvalue weighted by atomic mass is 16.7. The highest BCUT2D eigenvalue weighted by Crippen LogP contribution is 2.34. The first kappa shape index (κ1) is 16.8. The molecule has 7 heteroatoms. The van der Waals surface area contributed by atoms with Gasteiger partial charge in [0, 0.05) is 29.8 Å². The van der Waals surface area contributed by atoms with E-state index in [1.807, 2.05) is 25.1 Å². The van der Waals surface area contributed by atoms with Crippen LogP contribution in [0.4, 0.5) is 17.3 Å². The Morgan fingerprint density at radius 2 is 1.67 bits per heavy atom. The normalized spacial score (nSPS) is 11.9. The highest BCUT2D eigenvalue weighted by molar-refractivity contribution is 6.04. The van der Waals surface area contributed by atoms with E-state index >= 15 is 0 Å². The minimum Gasteiger partial charge on any atom is -0.454 e. The summed E-state index contributed by atoms with van der Waals surface area (Å²) in [5.41, 5.74) is 4.27. The van der Waals surface area contributed by atoms with Gasteiger partial charge in [0.2, 0.25) is 12.7 Å². The van der Waals surface area contributed by atoms with Crippen LogP contribution in [0.15, 0.2) is 48.8 Å². The van der Waals surface area contributed by atoms with Crippen LogP contribution in [0, 0.1) is 13.8 Å². The molecule has 1 aromatic heterocycles. The van der Waals surface area contributed by atoms with E-state index in [9.17, 15) is 4.79 Å². The van der Waals surface area contributed by atoms with Gasteiger partial charge < -0.3 is 20.1 Å². The number of nitrogens with zero attached hydrogens (tertiary/aromatic N) is 2. The first-order chi connectivity index (χ1) is 13.1. The van der Waals surface area contributed by atoms with Gasteiger partial charge in [0.05, 0.1) is 5.56 Å². The SMILES string of the molecule is Cc1ccc(Nc2ncc(C(=O)Nc3ccc4c(c3)OCO4)cn2)cc1C. The molecule has 136 valence electrons. The molecule has 27 heavy (non-hydrogen) atoms. The van der Waals surface area contributed by atoms with Crippen LogP contribution in [0.2, 0.25) is 0 Å². The first-order valence-electron chi connectivity index (χ1n) is 8.46. The zero-order valence-corrected chi connectivity index (χ0v) is 14.9. The Balaban J connectivity index is 1.43. The van der Waals surface area contributed by atoms with Crippen molar-refractivity contribution in [1.29, 1.82) is 0 Å². The number of anilines is 3. The summed E-state index contributed by atoms with van der Waals surface area (Å²) in [7, 11) is 0. The van der Waals surface area contributed by atoms with Crippen LogP contribution in [-0.2, 0) is 0 Å². The second-order valence-electron chi connectivity index (χ2n) is 6.24. The van der Waals surface area contributed by atoms with E-state index in [1.165, 1.54) is 23.5 Å². The predicted molar refractivity (Wildman–Crippen MR) is 102 cm³/mol. The van der Waals surface area contributed by atoms with E-state index in [1.54, 1.807) is 18.2 Å². The van der Waals surface area contributed by atoms with Gasteiger partial charge in [0.15, 0.2) is 11.5 Å². The predicted octanol–water partition coefficient (Wildman–Crippen LogP) is 3.82. The summed E-state index contributed by atoms with van der Waals surface area (Å²) in [5.74, 6) is 1.40. The average molecular weight is 362 g/mol. The summed E-state index contributed by atoms with van der Waals surface area (Å²) >= 11 is 0. The van der Waals surface area contributed by atoms with Crippen LogP contribution < -0.4 is 20.1 Å². The third-order valence-corrected chi connectivity index (χ3v) is 4.31. The molecule has 0 bridgehead atoms. The molecule has 0 spiro atoms. The number of aromatic nitrogens is 2. The summed E-state index contributed by atoms with van der Waals surface area (Å²) < 4.78 is 10.6. The summed E-state index contributed by atoms with van der Waals surface area (Å²) in [6.45, 7) is 4.30. The number of hydrogen-bond acceptors (Lipinski definition) is 6. The number of fused-ring (bicyclic) bond motifs is 1. The van der Waals surface area contributed by atoms with Gasteiger partial charge in [-0.1, -0.05) is 6.07 Å². The standard InChI is InChI=1S/C20H18N4O3/c1-12-3-4-15(7-13(12)2)24-20-21-9-14(10-22-20)19(25)23-16-5-6-17-18(8-16)27-11-26-17/h3-10H,11H2,1-2H3,(H,23,25)(H,21,22,24). The van der Waals surface area contributed by atoms with E-state index in [-0.39, 0.29) is 12.7 Å². The molecule has 0 saturated heterocycles. The summed E-state index contributed by atoms with van der Waals surface area (Å²) in [6, 6.07) is 11.2. The first-order valence-corrected chi connectivity index (χ1v) is 8.46. The maximum absolute atomic E-state index is 12.4. The van der Waals surface area contributed by atoms with Crippen LogP contribution in [0.25, 0.3) is 0 Å². The summed E-state index contributed by atoms with van der Waals surface area (Å²) in [4.78, 5) is 20.8. The smallest absolute Gasteiger partial charge is 0.258 e. The molecule has 0 atom stereocenters. The zero-order chi connectivity index (χ0) is 18.8. The molecule has 0 aliphatic carbocycles. The fraction of sp³-hybridized carbons (Fsp3) is 0.150. The third-order valence-electron chi connectivity index (χ3n) is 4.31. The number of carbonyl (C=O) groups is 1. The number of ether oxygens (including phenoxy) is 2. The minimum atomic E-state index is -0.299. The van der Waals surface area contributed by atoms with E-state index in [2.05, 4.69) is 27.5 Å². The lowest BCUT2D eigenvalue weighted by molar-refractivity contribution is 0.102. The molecule has 7 nitrogen and oxygen atoms in total. The van der Waals surface area contributed by atoms with Gasteiger partial charge in [0.25, 0.3) is 5.91 Å². The van der Waals surface area contributed by atoms with Crippen molar-refractivity contribution in [2.75, 3.05) is 17.4 Å². The van der Waals surface area contributed by atoms with Crippen molar-refractivity contribution in [1.82, 2.24) is 9.97 Å². The van der Waals surface area contributed by atoms with Crippen molar-refractivity contribution in [2.24, 2.45) is 0 Å². The van der Waals surface area contributed by atoms with E-state index < -0.39 is 0 Å². The topological polar surface area (TPSA) is 85.4 Å². The largest absolute Gasteiger partial charge is 0.454 e. The van der Waals surface area contributed by atoms with Crippen molar-refractivity contribution in [2.45, 2.75) is 13.8 Å². The summed E-state index contributed by atoms with van der Waals surface area (Å²) in [6.07, 6.45) is 2.97. The van der Waals surface area contributed by atoms with Gasteiger partial charge in [-0.15, -0.1) is 0 Å². The van der Waals surface area contributed by atoms with Crippen molar-refractivity contribution < 1.29 is 14.3 Å². The number of amides is 1. The van der Waals surface area contributed by atoms with Crippen molar-refractivity contribution in [3.8, 4) is 11.5 Å². The maximum Gasteiger partial charge on any atom is 0.258 e. The quantitative estimate of drug-likeness (QED) is 0.734. The van der Waals surface area contributed by atoms with Crippen LogP contribution in [0.3, 0.4) is 0 Å². The zero-order valence-electron chi connectivity index (χ0n) is 14.9. The van der Waals surface area contributed by atoms with Gasteiger partial charge >= 0.3 is 0 Å². The van der Waals surface area contributed by atoms with Gasteiger partial charge in [-0.25, -0.2) is 9.97 Å². The Morgan fingerprint density at radius 1 is 0.926 bits per heavy atom. The highest BCUT2D eigenvalue weighted by Gasteiger charge is 2.15. The van der Waals surface area contributed by atoms with E-state index in [4.69, 9.17) is 9.47 Å². The maximum atomic E-state index is 12.4. The van der Waals surface area contributed by atoms with Crippen LogP contribution in [0.1, 0.15) is 21.5 Å². The Kier molecular flexibility index (Phi) is 4.33. The van der Waals surface area contributed by atoms with Gasteiger partial charge in [-0.3, -0.25) is 4.79 Å². The molecule has 2 heterocycles. The molecule has 1 amide bonds. The van der Waals surface area contributed by atoms with Crippen molar-refractivity contribution in [3.05, 3.63) is 65.5 Å². The van der Waals surface area contributed by atoms with E-state index in [0.717, 1.165) is 5.69 Å². The molecule has 0 unspecified atom stereocenters. The van der Waals surface area contributed by atoms with Crippen LogP contribution >= 0.6 is 0 Å². The lowest BCUT2D eigenvalue weighted by Crippen LogP contribution is -2.13. The molecule has 0 fully saturated rings. The molecule has 0 saturated carbocycles. The van der Waals surface area contributed by atoms with E-state index in [0.29, 0.717) is 28.7 Å². The Bertz CT molecular complexity index is 1000. The fourth-order valence-corrected chi connectivity index (χ4v) is 2.64. The molecule has 0 radical (unpaired) electrons. The Morgan fingerprint density at radius 3 is 2.44 bits per heavy atom. The second kappa shape index (κ2) is 6.95. The summed E-state index contributed by atoms with van der Waals surface area (Å²) in [5, 5.41) is 5.93. The lowest BCUT2D eigenvalue weighted by Gasteiger charge is -2.08. The molecule has 2 N–H and O–H groups in total. The number of benzene rings is 2. The second-order valence-corrected chi connectivity index (χ2v) is 6.24.